The van der Waals surface area contributed by atoms with E-state index in [-0.39, 0.29) is 17.1 Å². The highest BCUT2D eigenvalue weighted by Crippen LogP contribution is 2.41. The lowest BCUT2D eigenvalue weighted by Gasteiger charge is -2.27. The van der Waals surface area contributed by atoms with E-state index in [1.165, 1.54) is 0 Å². The van der Waals surface area contributed by atoms with Gasteiger partial charge in [0.15, 0.2) is 16.9 Å². The Morgan fingerprint density at radius 2 is 1.83 bits per heavy atom. The summed E-state index contributed by atoms with van der Waals surface area (Å²) in [5, 5.41) is 0.482. The zero-order chi connectivity index (χ0) is 25.3. The number of hydrogen-bond donors (Lipinski definition) is 0. The van der Waals surface area contributed by atoms with Crippen LogP contribution in [0.1, 0.15) is 45.8 Å². The summed E-state index contributed by atoms with van der Waals surface area (Å²) in [5.74, 6) is 0.960. The van der Waals surface area contributed by atoms with Crippen molar-refractivity contribution in [1.82, 2.24) is 9.80 Å². The summed E-state index contributed by atoms with van der Waals surface area (Å²) >= 11 is 0. The van der Waals surface area contributed by atoms with Crippen molar-refractivity contribution in [2.24, 2.45) is 0 Å². The third kappa shape index (κ3) is 4.56. The molecule has 2 heterocycles. The van der Waals surface area contributed by atoms with Crippen LogP contribution in [0.4, 0.5) is 0 Å². The maximum atomic E-state index is 13.8. The highest BCUT2D eigenvalue weighted by Gasteiger charge is 2.42. The predicted octanol–water partition coefficient (Wildman–Crippen LogP) is 4.48. The maximum absolute atomic E-state index is 13.8. The number of ether oxygens (including phenoxy) is 2. The average molecular weight is 477 g/mol. The largest absolute Gasteiger partial charge is 0.490 e. The molecule has 1 aromatic heterocycles. The van der Waals surface area contributed by atoms with Crippen LogP contribution in [0.5, 0.6) is 11.5 Å². The van der Waals surface area contributed by atoms with E-state index in [4.69, 9.17) is 13.9 Å². The van der Waals surface area contributed by atoms with Crippen LogP contribution >= 0.6 is 0 Å². The van der Waals surface area contributed by atoms with E-state index >= 15 is 0 Å². The number of hydrogen-bond acceptors (Lipinski definition) is 6. The third-order valence-corrected chi connectivity index (χ3v) is 6.31. The Morgan fingerprint density at radius 3 is 2.51 bits per heavy atom. The van der Waals surface area contributed by atoms with Crippen molar-refractivity contribution >= 4 is 16.9 Å². The standard InChI is InChI=1S/C28H32N2O5/c1-7-13-34-21-10-9-19(16-23(21)33-8-2)25-24-26(31)20-14-17(3)18(4)15-22(20)35-27(24)28(32)30(25)12-11-29(5)6/h7,9-10,14-16,25H,1,8,11-13H2,2-6H3. The summed E-state index contributed by atoms with van der Waals surface area (Å²) in [4.78, 5) is 31.1. The van der Waals surface area contributed by atoms with E-state index in [1.54, 1.807) is 11.0 Å². The number of carbonyl (C=O) groups is 1. The minimum atomic E-state index is -0.590. The fourth-order valence-electron chi connectivity index (χ4n) is 4.39. The van der Waals surface area contributed by atoms with Crippen LogP contribution < -0.4 is 14.9 Å². The fraction of sp³-hybridized carbons (Fsp3) is 0.357. The van der Waals surface area contributed by atoms with Crippen molar-refractivity contribution in [1.29, 1.82) is 0 Å². The number of fused-ring (bicyclic) bond motifs is 2. The number of rotatable bonds is 9. The molecule has 7 heteroatoms. The minimum Gasteiger partial charge on any atom is -0.490 e. The molecule has 7 nitrogen and oxygen atoms in total. The van der Waals surface area contributed by atoms with Crippen LogP contribution in [0.15, 0.2) is 52.2 Å². The molecule has 0 saturated heterocycles. The second-order valence-corrected chi connectivity index (χ2v) is 9.05. The molecule has 184 valence electrons. The quantitative estimate of drug-likeness (QED) is 0.424. The van der Waals surface area contributed by atoms with Crippen LogP contribution in [-0.4, -0.2) is 56.1 Å². The second-order valence-electron chi connectivity index (χ2n) is 9.05. The Labute approximate surface area is 205 Å². The summed E-state index contributed by atoms with van der Waals surface area (Å²) in [7, 11) is 3.90. The Kier molecular flexibility index (Phi) is 6.98. The molecule has 3 aromatic rings. The predicted molar refractivity (Wildman–Crippen MR) is 137 cm³/mol. The SMILES string of the molecule is C=CCOc1ccc(C2c3c(oc4cc(C)c(C)cc4c3=O)C(=O)N2CCN(C)C)cc1OCC. The van der Waals surface area contributed by atoms with E-state index in [2.05, 4.69) is 6.58 Å². The van der Waals surface area contributed by atoms with Gasteiger partial charge in [0, 0.05) is 13.1 Å². The van der Waals surface area contributed by atoms with Gasteiger partial charge in [0.1, 0.15) is 12.2 Å². The molecular formula is C28H32N2O5. The zero-order valence-electron chi connectivity index (χ0n) is 21.0. The number of aryl methyl sites for hydroxylation is 2. The summed E-state index contributed by atoms with van der Waals surface area (Å²) in [6.07, 6.45) is 1.67. The summed E-state index contributed by atoms with van der Waals surface area (Å²) in [6, 6.07) is 8.62. The molecule has 0 saturated carbocycles. The molecule has 35 heavy (non-hydrogen) atoms. The van der Waals surface area contributed by atoms with E-state index in [0.717, 1.165) is 16.7 Å². The molecule has 1 aliphatic heterocycles. The highest BCUT2D eigenvalue weighted by molar-refractivity contribution is 5.99. The molecule has 0 N–H and O–H groups in total. The van der Waals surface area contributed by atoms with Crippen molar-refractivity contribution < 1.29 is 18.7 Å². The molecule has 0 bridgehead atoms. The number of carbonyl (C=O) groups excluding carboxylic acids is 1. The highest BCUT2D eigenvalue weighted by atomic mass is 16.5. The van der Waals surface area contributed by atoms with Crippen LogP contribution in [0.3, 0.4) is 0 Å². The Morgan fingerprint density at radius 1 is 1.09 bits per heavy atom. The van der Waals surface area contributed by atoms with Crippen LogP contribution in [-0.2, 0) is 0 Å². The first-order chi connectivity index (χ1) is 16.8. The summed E-state index contributed by atoms with van der Waals surface area (Å²) in [5.41, 5.74) is 3.38. The first-order valence-electron chi connectivity index (χ1n) is 11.8. The van der Waals surface area contributed by atoms with Gasteiger partial charge < -0.3 is 23.7 Å². The molecule has 0 aliphatic carbocycles. The van der Waals surface area contributed by atoms with Crippen molar-refractivity contribution in [2.75, 3.05) is 40.4 Å². The zero-order valence-corrected chi connectivity index (χ0v) is 21.0. The molecule has 1 unspecified atom stereocenters. The fourth-order valence-corrected chi connectivity index (χ4v) is 4.39. The lowest BCUT2D eigenvalue weighted by Crippen LogP contribution is -2.35. The van der Waals surface area contributed by atoms with E-state index in [1.807, 2.05) is 70.1 Å². The molecule has 1 aliphatic rings. The molecule has 0 spiro atoms. The number of nitrogens with zero attached hydrogens (tertiary/aromatic N) is 2. The first-order valence-corrected chi connectivity index (χ1v) is 11.8. The first kappa shape index (κ1) is 24.5. The minimum absolute atomic E-state index is 0.111. The summed E-state index contributed by atoms with van der Waals surface area (Å²) in [6.45, 7) is 11.4. The summed E-state index contributed by atoms with van der Waals surface area (Å²) < 4.78 is 17.7. The molecular weight excluding hydrogens is 444 g/mol. The van der Waals surface area contributed by atoms with Crippen molar-refractivity contribution in [3.8, 4) is 11.5 Å². The van der Waals surface area contributed by atoms with E-state index in [9.17, 15) is 9.59 Å². The van der Waals surface area contributed by atoms with Crippen LogP contribution in [0.25, 0.3) is 11.0 Å². The molecule has 1 atom stereocenters. The Balaban J connectivity index is 1.92. The third-order valence-electron chi connectivity index (χ3n) is 6.31. The molecule has 0 radical (unpaired) electrons. The van der Waals surface area contributed by atoms with Crippen LogP contribution in [0.2, 0.25) is 0 Å². The van der Waals surface area contributed by atoms with Gasteiger partial charge in [-0.25, -0.2) is 0 Å². The van der Waals surface area contributed by atoms with Gasteiger partial charge in [-0.2, -0.15) is 0 Å². The van der Waals surface area contributed by atoms with Gasteiger partial charge in [0.05, 0.1) is 23.6 Å². The normalized spacial score (nSPS) is 15.1. The maximum Gasteiger partial charge on any atom is 0.290 e. The van der Waals surface area contributed by atoms with Gasteiger partial charge >= 0.3 is 0 Å². The molecule has 2 aromatic carbocycles. The Hall–Kier alpha value is -3.58. The lowest BCUT2D eigenvalue weighted by molar-refractivity contribution is 0.0716. The van der Waals surface area contributed by atoms with Gasteiger partial charge in [-0.1, -0.05) is 18.7 Å². The van der Waals surface area contributed by atoms with Crippen molar-refractivity contribution in [2.45, 2.75) is 26.8 Å². The lowest BCUT2D eigenvalue weighted by atomic mass is 9.97. The van der Waals surface area contributed by atoms with Crippen molar-refractivity contribution in [3.63, 3.8) is 0 Å². The van der Waals surface area contributed by atoms with Gasteiger partial charge in [-0.3, -0.25) is 9.59 Å². The van der Waals surface area contributed by atoms with Gasteiger partial charge in [0.2, 0.25) is 5.76 Å². The average Bonchev–Trinajstić information content (AvgIpc) is 3.10. The smallest absolute Gasteiger partial charge is 0.290 e. The second kappa shape index (κ2) is 9.96. The van der Waals surface area contributed by atoms with E-state index < -0.39 is 6.04 Å². The number of benzene rings is 2. The topological polar surface area (TPSA) is 72.2 Å². The monoisotopic (exact) mass is 476 g/mol. The van der Waals surface area contributed by atoms with Crippen LogP contribution in [0, 0.1) is 13.8 Å². The van der Waals surface area contributed by atoms with Gasteiger partial charge in [0.25, 0.3) is 5.91 Å². The molecule has 4 rings (SSSR count). The van der Waals surface area contributed by atoms with Crippen molar-refractivity contribution in [3.05, 3.63) is 81.2 Å². The molecule has 1 amide bonds. The Bertz CT molecular complexity index is 1340. The number of amides is 1. The molecule has 0 fully saturated rings. The van der Waals surface area contributed by atoms with Gasteiger partial charge in [-0.15, -0.1) is 0 Å². The van der Waals surface area contributed by atoms with Gasteiger partial charge in [-0.05, 0) is 75.8 Å². The number of likely N-dealkylation sites (N-methyl/N-ethyl adjacent to an activating group) is 1. The van der Waals surface area contributed by atoms with E-state index in [0.29, 0.717) is 54.3 Å².